The van der Waals surface area contributed by atoms with Gasteiger partial charge in [0.25, 0.3) is 0 Å². The van der Waals surface area contributed by atoms with Gasteiger partial charge in [0.2, 0.25) is 0 Å². The van der Waals surface area contributed by atoms with E-state index in [-0.39, 0.29) is 0 Å². The van der Waals surface area contributed by atoms with Crippen LogP contribution in [0.25, 0.3) is 0 Å². The van der Waals surface area contributed by atoms with Crippen molar-refractivity contribution in [1.82, 2.24) is 5.32 Å². The predicted molar refractivity (Wildman–Crippen MR) is 61.4 cm³/mol. The second-order valence-corrected chi connectivity index (χ2v) is 5.29. The van der Waals surface area contributed by atoms with Gasteiger partial charge in [-0.05, 0) is 44.2 Å². The van der Waals surface area contributed by atoms with Gasteiger partial charge in [-0.1, -0.05) is 38.5 Å². The van der Waals surface area contributed by atoms with Crippen LogP contribution in [0.15, 0.2) is 0 Å². The highest BCUT2D eigenvalue weighted by molar-refractivity contribution is 4.71. The van der Waals surface area contributed by atoms with Gasteiger partial charge < -0.3 is 5.32 Å². The van der Waals surface area contributed by atoms with Crippen LogP contribution in [0.1, 0.15) is 57.8 Å². The van der Waals surface area contributed by atoms with Crippen LogP contribution in [0, 0.1) is 11.8 Å². The van der Waals surface area contributed by atoms with E-state index in [4.69, 9.17) is 0 Å². The minimum Gasteiger partial charge on any atom is -0.316 e. The van der Waals surface area contributed by atoms with Gasteiger partial charge in [0.05, 0.1) is 0 Å². The fourth-order valence-corrected chi connectivity index (χ4v) is 3.16. The van der Waals surface area contributed by atoms with Gasteiger partial charge in [-0.3, -0.25) is 0 Å². The van der Waals surface area contributed by atoms with Gasteiger partial charge in [0.15, 0.2) is 0 Å². The molecule has 0 aromatic carbocycles. The van der Waals surface area contributed by atoms with Crippen molar-refractivity contribution < 1.29 is 0 Å². The SMILES string of the molecule is C1CCC(CCCC2CCCNC2)C1. The first-order chi connectivity index (χ1) is 6.95. The molecular formula is C13H25N. The number of hydrogen-bond donors (Lipinski definition) is 1. The van der Waals surface area contributed by atoms with Crippen LogP contribution < -0.4 is 5.32 Å². The maximum absolute atomic E-state index is 3.51. The van der Waals surface area contributed by atoms with Crippen LogP contribution in [0.4, 0.5) is 0 Å². The Bertz CT molecular complexity index is 143. The summed E-state index contributed by atoms with van der Waals surface area (Å²) in [7, 11) is 0. The number of rotatable bonds is 4. The largest absolute Gasteiger partial charge is 0.316 e. The third-order valence-electron chi connectivity index (χ3n) is 4.10. The predicted octanol–water partition coefficient (Wildman–Crippen LogP) is 3.35. The Morgan fingerprint density at radius 2 is 1.57 bits per heavy atom. The van der Waals surface area contributed by atoms with Gasteiger partial charge in [-0.2, -0.15) is 0 Å². The molecule has 1 N–H and O–H groups in total. The van der Waals surface area contributed by atoms with Crippen molar-refractivity contribution in [1.29, 1.82) is 0 Å². The van der Waals surface area contributed by atoms with Crippen molar-refractivity contribution in [2.45, 2.75) is 57.8 Å². The lowest BCUT2D eigenvalue weighted by atomic mass is 9.91. The molecular weight excluding hydrogens is 170 g/mol. The normalized spacial score (nSPS) is 29.6. The number of hydrogen-bond acceptors (Lipinski definition) is 1. The summed E-state index contributed by atoms with van der Waals surface area (Å²) in [4.78, 5) is 0. The van der Waals surface area contributed by atoms with E-state index in [9.17, 15) is 0 Å². The molecule has 0 spiro atoms. The number of nitrogens with one attached hydrogen (secondary N) is 1. The molecule has 1 saturated carbocycles. The molecule has 2 aliphatic rings. The third kappa shape index (κ3) is 3.27. The maximum Gasteiger partial charge on any atom is -0.00205 e. The van der Waals surface area contributed by atoms with E-state index in [1.165, 1.54) is 70.9 Å². The molecule has 0 amide bonds. The molecule has 0 aromatic heterocycles. The van der Waals surface area contributed by atoms with E-state index >= 15 is 0 Å². The minimum absolute atomic E-state index is 1.00. The molecule has 82 valence electrons. The zero-order valence-corrected chi connectivity index (χ0v) is 9.43. The van der Waals surface area contributed by atoms with Crippen LogP contribution in [0.3, 0.4) is 0 Å². The third-order valence-corrected chi connectivity index (χ3v) is 4.10. The average molecular weight is 195 g/mol. The molecule has 0 radical (unpaired) electrons. The molecule has 1 nitrogen and oxygen atoms in total. The van der Waals surface area contributed by atoms with E-state index in [0.717, 1.165) is 11.8 Å². The van der Waals surface area contributed by atoms with Gasteiger partial charge >= 0.3 is 0 Å². The lowest BCUT2D eigenvalue weighted by Crippen LogP contribution is -2.29. The van der Waals surface area contributed by atoms with Crippen molar-refractivity contribution >= 4 is 0 Å². The zero-order chi connectivity index (χ0) is 9.64. The topological polar surface area (TPSA) is 12.0 Å². The van der Waals surface area contributed by atoms with Crippen molar-refractivity contribution in [2.75, 3.05) is 13.1 Å². The van der Waals surface area contributed by atoms with Gasteiger partial charge in [0.1, 0.15) is 0 Å². The Kier molecular flexibility index (Phi) is 4.30. The first-order valence-corrected chi connectivity index (χ1v) is 6.66. The molecule has 1 saturated heterocycles. The zero-order valence-electron chi connectivity index (χ0n) is 9.43. The first kappa shape index (κ1) is 10.5. The van der Waals surface area contributed by atoms with E-state index in [1.807, 2.05) is 0 Å². The van der Waals surface area contributed by atoms with Crippen molar-refractivity contribution in [3.63, 3.8) is 0 Å². The second kappa shape index (κ2) is 5.75. The summed E-state index contributed by atoms with van der Waals surface area (Å²) in [6, 6.07) is 0. The Hall–Kier alpha value is -0.0400. The van der Waals surface area contributed by atoms with Gasteiger partial charge in [0, 0.05) is 0 Å². The molecule has 2 fully saturated rings. The summed E-state index contributed by atoms with van der Waals surface area (Å²) in [6.45, 7) is 2.56. The fraction of sp³-hybridized carbons (Fsp3) is 1.00. The Morgan fingerprint density at radius 1 is 0.857 bits per heavy atom. The van der Waals surface area contributed by atoms with E-state index in [1.54, 1.807) is 0 Å². The summed E-state index contributed by atoms with van der Waals surface area (Å²) < 4.78 is 0. The highest BCUT2D eigenvalue weighted by Crippen LogP contribution is 2.30. The van der Waals surface area contributed by atoms with Crippen LogP contribution >= 0.6 is 0 Å². The van der Waals surface area contributed by atoms with E-state index < -0.39 is 0 Å². The monoisotopic (exact) mass is 195 g/mol. The van der Waals surface area contributed by atoms with Crippen LogP contribution in [-0.4, -0.2) is 13.1 Å². The Labute approximate surface area is 88.7 Å². The first-order valence-electron chi connectivity index (χ1n) is 6.66. The molecule has 1 heteroatoms. The van der Waals surface area contributed by atoms with Crippen LogP contribution in [0.5, 0.6) is 0 Å². The standard InChI is InChI=1S/C13H25N/c1-2-6-12(5-1)7-3-8-13-9-4-10-14-11-13/h12-14H,1-11H2. The van der Waals surface area contributed by atoms with E-state index in [0.29, 0.717) is 0 Å². The summed E-state index contributed by atoms with van der Waals surface area (Å²) in [5, 5.41) is 3.51. The average Bonchev–Trinajstić information content (AvgIpc) is 2.72. The maximum atomic E-state index is 3.51. The molecule has 2 rings (SSSR count). The summed E-state index contributed by atoms with van der Waals surface area (Å²) in [5.74, 6) is 2.11. The van der Waals surface area contributed by atoms with Gasteiger partial charge in [-0.15, -0.1) is 0 Å². The lowest BCUT2D eigenvalue weighted by Gasteiger charge is -2.23. The molecule has 1 heterocycles. The van der Waals surface area contributed by atoms with Crippen molar-refractivity contribution in [3.05, 3.63) is 0 Å². The molecule has 1 unspecified atom stereocenters. The van der Waals surface area contributed by atoms with Crippen molar-refractivity contribution in [3.8, 4) is 0 Å². The highest BCUT2D eigenvalue weighted by Gasteiger charge is 2.16. The summed E-state index contributed by atoms with van der Waals surface area (Å²) >= 11 is 0. The molecule has 1 atom stereocenters. The summed E-state index contributed by atoms with van der Waals surface area (Å²) in [5.41, 5.74) is 0. The van der Waals surface area contributed by atoms with Gasteiger partial charge in [-0.25, -0.2) is 0 Å². The lowest BCUT2D eigenvalue weighted by molar-refractivity contribution is 0.334. The molecule has 0 bridgehead atoms. The Balaban J connectivity index is 1.52. The van der Waals surface area contributed by atoms with Crippen LogP contribution in [-0.2, 0) is 0 Å². The fourth-order valence-electron chi connectivity index (χ4n) is 3.16. The summed E-state index contributed by atoms with van der Waals surface area (Å²) in [6.07, 6.45) is 13.5. The van der Waals surface area contributed by atoms with Crippen molar-refractivity contribution in [2.24, 2.45) is 11.8 Å². The quantitative estimate of drug-likeness (QED) is 0.725. The molecule has 0 aromatic rings. The van der Waals surface area contributed by atoms with E-state index in [2.05, 4.69) is 5.32 Å². The molecule has 1 aliphatic heterocycles. The molecule has 1 aliphatic carbocycles. The minimum atomic E-state index is 1.00. The Morgan fingerprint density at radius 3 is 2.29 bits per heavy atom. The molecule has 14 heavy (non-hydrogen) atoms. The highest BCUT2D eigenvalue weighted by atomic mass is 14.9. The smallest absolute Gasteiger partial charge is 0.00205 e. The van der Waals surface area contributed by atoms with Crippen LogP contribution in [0.2, 0.25) is 0 Å². The second-order valence-electron chi connectivity index (χ2n) is 5.29. The number of piperidine rings is 1.